The molecule has 148 valence electrons. The Hall–Kier alpha value is -2.23. The summed E-state index contributed by atoms with van der Waals surface area (Å²) < 4.78 is 27.6. The summed E-state index contributed by atoms with van der Waals surface area (Å²) in [6, 6.07) is 13.1. The highest BCUT2D eigenvalue weighted by molar-refractivity contribution is 9.10. The van der Waals surface area contributed by atoms with Gasteiger partial charge >= 0.3 is 0 Å². The topological polar surface area (TPSA) is 104 Å². The van der Waals surface area contributed by atoms with Gasteiger partial charge in [0.15, 0.2) is 0 Å². The third-order valence-corrected chi connectivity index (χ3v) is 6.09. The number of hydrogen-bond acceptors (Lipinski definition) is 4. The molecule has 0 aromatic heterocycles. The van der Waals surface area contributed by atoms with Gasteiger partial charge in [0.2, 0.25) is 15.9 Å². The maximum Gasteiger partial charge on any atom is 0.251 e. The van der Waals surface area contributed by atoms with Gasteiger partial charge in [-0.2, -0.15) is 0 Å². The lowest BCUT2D eigenvalue weighted by Gasteiger charge is -2.09. The van der Waals surface area contributed by atoms with Crippen molar-refractivity contribution in [1.29, 1.82) is 0 Å². The van der Waals surface area contributed by atoms with E-state index in [1.54, 1.807) is 36.4 Å². The molecule has 2 amide bonds. The third-order valence-electron chi connectivity index (χ3n) is 4.09. The molecule has 0 aliphatic heterocycles. The number of hydrogen-bond donors (Lipinski definition) is 3. The lowest BCUT2D eigenvalue weighted by atomic mass is 10.2. The van der Waals surface area contributed by atoms with Crippen LogP contribution in [0.25, 0.3) is 0 Å². The van der Waals surface area contributed by atoms with E-state index in [1.165, 1.54) is 12.1 Å². The largest absolute Gasteiger partial charge is 0.349 e. The van der Waals surface area contributed by atoms with E-state index in [1.807, 2.05) is 0 Å². The Balaban J connectivity index is 1.50. The van der Waals surface area contributed by atoms with Crippen molar-refractivity contribution in [2.24, 2.45) is 0 Å². The van der Waals surface area contributed by atoms with Crippen LogP contribution < -0.4 is 15.4 Å². The lowest BCUT2D eigenvalue weighted by molar-refractivity contribution is -0.116. The van der Waals surface area contributed by atoms with Crippen LogP contribution in [-0.2, 0) is 14.8 Å². The van der Waals surface area contributed by atoms with E-state index in [-0.39, 0.29) is 35.7 Å². The van der Waals surface area contributed by atoms with Gasteiger partial charge in [0.05, 0.1) is 4.90 Å². The molecule has 0 atom stereocenters. The van der Waals surface area contributed by atoms with Crippen molar-refractivity contribution >= 4 is 43.5 Å². The van der Waals surface area contributed by atoms with Crippen LogP contribution in [0.15, 0.2) is 57.9 Å². The standard InChI is InChI=1S/C19H20BrN3O4S/c20-14-4-8-17(9-5-14)28(26,27)21-11-10-18(24)22-16-3-1-2-13(12-16)19(25)23-15-6-7-15/h1-5,8-9,12,15,21H,6-7,10-11H2,(H,22,24)(H,23,25). The highest BCUT2D eigenvalue weighted by Gasteiger charge is 2.23. The first-order valence-electron chi connectivity index (χ1n) is 8.79. The number of carbonyl (C=O) groups excluding carboxylic acids is 2. The van der Waals surface area contributed by atoms with Gasteiger partial charge in [-0.15, -0.1) is 0 Å². The number of anilines is 1. The maximum atomic E-state index is 12.2. The molecule has 0 bridgehead atoms. The first-order chi connectivity index (χ1) is 13.3. The summed E-state index contributed by atoms with van der Waals surface area (Å²) in [5.41, 5.74) is 0.963. The number of benzene rings is 2. The minimum Gasteiger partial charge on any atom is -0.349 e. The van der Waals surface area contributed by atoms with Gasteiger partial charge in [-0.05, 0) is 55.3 Å². The van der Waals surface area contributed by atoms with Gasteiger partial charge in [-0.1, -0.05) is 22.0 Å². The van der Waals surface area contributed by atoms with E-state index >= 15 is 0 Å². The fraction of sp³-hybridized carbons (Fsp3) is 0.263. The molecule has 0 radical (unpaired) electrons. The second-order valence-electron chi connectivity index (χ2n) is 6.48. The number of amides is 2. The number of carbonyl (C=O) groups is 2. The van der Waals surface area contributed by atoms with Gasteiger partial charge < -0.3 is 10.6 Å². The Morgan fingerprint density at radius 2 is 1.79 bits per heavy atom. The average Bonchev–Trinajstić information content (AvgIpc) is 3.46. The fourth-order valence-corrected chi connectivity index (χ4v) is 3.75. The van der Waals surface area contributed by atoms with E-state index < -0.39 is 10.0 Å². The van der Waals surface area contributed by atoms with Gasteiger partial charge in [0.1, 0.15) is 0 Å². The first kappa shape index (κ1) is 20.5. The lowest BCUT2D eigenvalue weighted by Crippen LogP contribution is -2.28. The molecule has 1 fully saturated rings. The Labute approximate surface area is 172 Å². The van der Waals surface area contributed by atoms with Crippen molar-refractivity contribution in [2.45, 2.75) is 30.2 Å². The van der Waals surface area contributed by atoms with Crippen LogP contribution in [0.4, 0.5) is 5.69 Å². The van der Waals surface area contributed by atoms with Crippen LogP contribution in [0, 0.1) is 0 Å². The van der Waals surface area contributed by atoms with Crippen LogP contribution in [0.1, 0.15) is 29.6 Å². The molecule has 28 heavy (non-hydrogen) atoms. The normalized spacial score (nSPS) is 13.8. The van der Waals surface area contributed by atoms with E-state index in [0.717, 1.165) is 17.3 Å². The number of rotatable bonds is 8. The molecule has 0 unspecified atom stereocenters. The van der Waals surface area contributed by atoms with Crippen LogP contribution in [0.2, 0.25) is 0 Å². The number of halogens is 1. The number of sulfonamides is 1. The molecule has 1 aliphatic rings. The van der Waals surface area contributed by atoms with Crippen LogP contribution >= 0.6 is 15.9 Å². The first-order valence-corrected chi connectivity index (χ1v) is 11.1. The predicted molar refractivity (Wildman–Crippen MR) is 110 cm³/mol. The van der Waals surface area contributed by atoms with E-state index in [9.17, 15) is 18.0 Å². The summed E-state index contributed by atoms with van der Waals surface area (Å²) >= 11 is 3.25. The van der Waals surface area contributed by atoms with Crippen molar-refractivity contribution in [1.82, 2.24) is 10.0 Å². The summed E-state index contributed by atoms with van der Waals surface area (Å²) in [5, 5.41) is 5.57. The molecule has 3 rings (SSSR count). The Bertz CT molecular complexity index is 973. The molecule has 3 N–H and O–H groups in total. The van der Waals surface area contributed by atoms with Crippen molar-refractivity contribution in [3.05, 3.63) is 58.6 Å². The van der Waals surface area contributed by atoms with Crippen molar-refractivity contribution in [3.63, 3.8) is 0 Å². The summed E-state index contributed by atoms with van der Waals surface area (Å²) in [4.78, 5) is 24.3. The van der Waals surface area contributed by atoms with Crippen molar-refractivity contribution in [3.8, 4) is 0 Å². The van der Waals surface area contributed by atoms with Gasteiger partial charge in [0, 0.05) is 34.7 Å². The molecule has 7 nitrogen and oxygen atoms in total. The molecule has 2 aromatic carbocycles. The zero-order chi connectivity index (χ0) is 20.1. The quantitative estimate of drug-likeness (QED) is 0.557. The monoisotopic (exact) mass is 465 g/mol. The van der Waals surface area contributed by atoms with E-state index in [4.69, 9.17) is 0 Å². The van der Waals surface area contributed by atoms with Crippen LogP contribution in [-0.4, -0.2) is 32.8 Å². The zero-order valence-electron chi connectivity index (χ0n) is 14.9. The molecule has 1 aliphatic carbocycles. The molecule has 0 saturated heterocycles. The zero-order valence-corrected chi connectivity index (χ0v) is 17.3. The predicted octanol–water partition coefficient (Wildman–Crippen LogP) is 2.65. The molecule has 0 spiro atoms. The van der Waals surface area contributed by atoms with Gasteiger partial charge in [0.25, 0.3) is 5.91 Å². The van der Waals surface area contributed by atoms with E-state index in [2.05, 4.69) is 31.3 Å². The molecule has 2 aromatic rings. The SMILES string of the molecule is O=C(CCNS(=O)(=O)c1ccc(Br)cc1)Nc1cccc(C(=O)NC2CC2)c1. The van der Waals surface area contributed by atoms with Gasteiger partial charge in [-0.25, -0.2) is 13.1 Å². The second-order valence-corrected chi connectivity index (χ2v) is 9.16. The summed E-state index contributed by atoms with van der Waals surface area (Å²) in [6.07, 6.45) is 1.96. The molecular weight excluding hydrogens is 446 g/mol. The van der Waals surface area contributed by atoms with Crippen LogP contribution in [0.3, 0.4) is 0 Å². The maximum absolute atomic E-state index is 12.2. The molecular formula is C19H20BrN3O4S. The minimum absolute atomic E-state index is 0.0335. The summed E-state index contributed by atoms with van der Waals surface area (Å²) in [6.45, 7) is -0.0356. The summed E-state index contributed by atoms with van der Waals surface area (Å²) in [5.74, 6) is -0.515. The van der Waals surface area contributed by atoms with Crippen molar-refractivity contribution < 1.29 is 18.0 Å². The molecule has 0 heterocycles. The smallest absolute Gasteiger partial charge is 0.251 e. The van der Waals surface area contributed by atoms with Crippen LogP contribution in [0.5, 0.6) is 0 Å². The van der Waals surface area contributed by atoms with E-state index in [0.29, 0.717) is 11.3 Å². The Kier molecular flexibility index (Phi) is 6.48. The highest BCUT2D eigenvalue weighted by Crippen LogP contribution is 2.20. The Morgan fingerprint density at radius 1 is 1.07 bits per heavy atom. The van der Waals surface area contributed by atoms with Gasteiger partial charge in [-0.3, -0.25) is 9.59 Å². The fourth-order valence-electron chi connectivity index (χ4n) is 2.45. The minimum atomic E-state index is -3.67. The summed E-state index contributed by atoms with van der Waals surface area (Å²) in [7, 11) is -3.67. The second kappa shape index (κ2) is 8.85. The van der Waals surface area contributed by atoms with Crippen molar-refractivity contribution in [2.75, 3.05) is 11.9 Å². The average molecular weight is 466 g/mol. The molecule has 1 saturated carbocycles. The number of nitrogens with one attached hydrogen (secondary N) is 3. The third kappa shape index (κ3) is 5.88. The molecule has 9 heteroatoms. The highest BCUT2D eigenvalue weighted by atomic mass is 79.9. The Morgan fingerprint density at radius 3 is 2.46 bits per heavy atom.